The summed E-state index contributed by atoms with van der Waals surface area (Å²) in [5.41, 5.74) is 0.829. The molecule has 1 aromatic heterocycles. The summed E-state index contributed by atoms with van der Waals surface area (Å²) in [7, 11) is 2.46. The van der Waals surface area contributed by atoms with Gasteiger partial charge in [0.05, 0.1) is 20.5 Å². The van der Waals surface area contributed by atoms with Crippen LogP contribution in [-0.2, 0) is 16.0 Å². The van der Waals surface area contributed by atoms with Crippen LogP contribution in [0.25, 0.3) is 0 Å². The summed E-state index contributed by atoms with van der Waals surface area (Å²) >= 11 is 5.86. The normalized spacial score (nSPS) is 10.4. The second-order valence-corrected chi connectivity index (χ2v) is 6.19. The molecule has 0 amide bonds. The largest absolute Gasteiger partial charge is 0.464 e. The van der Waals surface area contributed by atoms with Crippen LogP contribution >= 0.6 is 11.6 Å². The van der Waals surface area contributed by atoms with Crippen LogP contribution in [0.3, 0.4) is 0 Å². The maximum atomic E-state index is 12.1. The minimum Gasteiger partial charge on any atom is -0.464 e. The van der Waals surface area contributed by atoms with Gasteiger partial charge in [-0.2, -0.15) is 0 Å². The van der Waals surface area contributed by atoms with Crippen molar-refractivity contribution in [1.82, 2.24) is 9.55 Å². The molecule has 2 aromatic carbocycles. The van der Waals surface area contributed by atoms with Crippen LogP contribution in [0, 0.1) is 0 Å². The minimum absolute atomic E-state index is 0.0378. The molecule has 0 fully saturated rings. The molecule has 0 radical (unpaired) electrons. The lowest BCUT2D eigenvalue weighted by Gasteiger charge is -2.10. The van der Waals surface area contributed by atoms with E-state index < -0.39 is 11.9 Å². The highest BCUT2D eigenvalue weighted by Crippen LogP contribution is 2.24. The molecule has 0 spiro atoms. The number of ether oxygens (including phenoxy) is 3. The van der Waals surface area contributed by atoms with E-state index in [9.17, 15) is 9.59 Å². The quantitative estimate of drug-likeness (QED) is 0.583. The summed E-state index contributed by atoms with van der Waals surface area (Å²) < 4.78 is 16.7. The maximum Gasteiger partial charge on any atom is 0.359 e. The Kier molecular flexibility index (Phi) is 5.96. The standard InChI is InChI=1S/C20H17ClN2O5/c1-26-19(24)17-18(20(25)27-2)23(12-22-17)11-13-3-7-15(8-4-13)28-16-9-5-14(21)6-10-16/h3-10,12H,11H2,1-2H3. The average Bonchev–Trinajstić information content (AvgIpc) is 3.13. The fourth-order valence-corrected chi connectivity index (χ4v) is 2.68. The predicted molar refractivity (Wildman–Crippen MR) is 102 cm³/mol. The molecule has 144 valence electrons. The average molecular weight is 401 g/mol. The first-order valence-electron chi connectivity index (χ1n) is 8.26. The van der Waals surface area contributed by atoms with E-state index in [4.69, 9.17) is 21.1 Å². The van der Waals surface area contributed by atoms with Crippen molar-refractivity contribution >= 4 is 23.5 Å². The number of carbonyl (C=O) groups excluding carboxylic acids is 2. The van der Waals surface area contributed by atoms with Crippen molar-refractivity contribution < 1.29 is 23.8 Å². The van der Waals surface area contributed by atoms with Crippen LogP contribution in [0.1, 0.15) is 26.5 Å². The lowest BCUT2D eigenvalue weighted by atomic mass is 10.2. The number of hydrogen-bond acceptors (Lipinski definition) is 6. The Morgan fingerprint density at radius 1 is 0.929 bits per heavy atom. The lowest BCUT2D eigenvalue weighted by Crippen LogP contribution is -2.16. The first kappa shape index (κ1) is 19.4. The van der Waals surface area contributed by atoms with Gasteiger partial charge in [-0.1, -0.05) is 23.7 Å². The van der Waals surface area contributed by atoms with Crippen LogP contribution in [0.4, 0.5) is 0 Å². The molecular weight excluding hydrogens is 384 g/mol. The van der Waals surface area contributed by atoms with Crippen molar-refractivity contribution in [3.05, 3.63) is 76.8 Å². The highest BCUT2D eigenvalue weighted by molar-refractivity contribution is 6.30. The molecule has 3 aromatic rings. The van der Waals surface area contributed by atoms with Crippen molar-refractivity contribution in [3.63, 3.8) is 0 Å². The van der Waals surface area contributed by atoms with Crippen LogP contribution in [0.15, 0.2) is 54.9 Å². The Morgan fingerprint density at radius 3 is 2.07 bits per heavy atom. The zero-order valence-corrected chi connectivity index (χ0v) is 16.0. The third-order valence-corrected chi connectivity index (χ3v) is 4.17. The van der Waals surface area contributed by atoms with Crippen molar-refractivity contribution in [2.45, 2.75) is 6.54 Å². The molecule has 3 rings (SSSR count). The number of rotatable bonds is 6. The molecule has 0 bridgehead atoms. The van der Waals surface area contributed by atoms with Gasteiger partial charge in [-0.3, -0.25) is 0 Å². The zero-order chi connectivity index (χ0) is 20.1. The molecule has 8 heteroatoms. The van der Waals surface area contributed by atoms with Crippen molar-refractivity contribution in [2.24, 2.45) is 0 Å². The van der Waals surface area contributed by atoms with E-state index in [1.807, 2.05) is 12.1 Å². The van der Waals surface area contributed by atoms with Gasteiger partial charge in [-0.05, 0) is 42.0 Å². The van der Waals surface area contributed by atoms with E-state index in [-0.39, 0.29) is 11.4 Å². The Labute approximate surface area is 166 Å². The fraction of sp³-hybridized carbons (Fsp3) is 0.150. The van der Waals surface area contributed by atoms with Gasteiger partial charge in [0, 0.05) is 11.6 Å². The summed E-state index contributed by atoms with van der Waals surface area (Å²) in [5.74, 6) is -0.0472. The number of methoxy groups -OCH3 is 2. The van der Waals surface area contributed by atoms with Gasteiger partial charge in [0.25, 0.3) is 0 Å². The van der Waals surface area contributed by atoms with Gasteiger partial charge in [0.15, 0.2) is 11.4 Å². The van der Waals surface area contributed by atoms with E-state index in [0.29, 0.717) is 23.1 Å². The minimum atomic E-state index is -0.703. The molecule has 0 aliphatic rings. The van der Waals surface area contributed by atoms with Crippen LogP contribution in [0.5, 0.6) is 11.5 Å². The predicted octanol–water partition coefficient (Wildman–Crippen LogP) is 3.95. The zero-order valence-electron chi connectivity index (χ0n) is 15.2. The number of aromatic nitrogens is 2. The molecule has 0 aliphatic carbocycles. The van der Waals surface area contributed by atoms with Crippen molar-refractivity contribution in [3.8, 4) is 11.5 Å². The van der Waals surface area contributed by atoms with E-state index in [1.54, 1.807) is 36.4 Å². The third kappa shape index (κ3) is 4.32. The van der Waals surface area contributed by atoms with Gasteiger partial charge in [0.1, 0.15) is 11.5 Å². The first-order chi connectivity index (χ1) is 13.5. The molecule has 0 saturated heterocycles. The first-order valence-corrected chi connectivity index (χ1v) is 8.63. The maximum absolute atomic E-state index is 12.1. The topological polar surface area (TPSA) is 79.6 Å². The number of esters is 2. The second kappa shape index (κ2) is 8.58. The molecule has 0 atom stereocenters. The fourth-order valence-electron chi connectivity index (χ4n) is 2.56. The van der Waals surface area contributed by atoms with Crippen molar-refractivity contribution in [2.75, 3.05) is 14.2 Å². The Morgan fingerprint density at radius 2 is 1.50 bits per heavy atom. The summed E-state index contributed by atoms with van der Waals surface area (Å²) in [6.45, 7) is 0.315. The van der Waals surface area contributed by atoms with E-state index >= 15 is 0 Å². The molecule has 0 saturated carbocycles. The number of nitrogens with zero attached hydrogens (tertiary/aromatic N) is 2. The molecule has 7 nitrogen and oxygen atoms in total. The molecule has 1 heterocycles. The van der Waals surface area contributed by atoms with Gasteiger partial charge >= 0.3 is 11.9 Å². The molecule has 0 unspecified atom stereocenters. The molecule has 0 N–H and O–H groups in total. The molecule has 0 aliphatic heterocycles. The molecular formula is C20H17ClN2O5. The van der Waals surface area contributed by atoms with E-state index in [0.717, 1.165) is 5.56 Å². The van der Waals surface area contributed by atoms with Crippen LogP contribution < -0.4 is 4.74 Å². The Balaban J connectivity index is 1.78. The highest BCUT2D eigenvalue weighted by atomic mass is 35.5. The van der Waals surface area contributed by atoms with Crippen LogP contribution in [0.2, 0.25) is 5.02 Å². The van der Waals surface area contributed by atoms with Gasteiger partial charge in [-0.25, -0.2) is 14.6 Å². The number of halogens is 1. The smallest absolute Gasteiger partial charge is 0.359 e. The van der Waals surface area contributed by atoms with Gasteiger partial charge in [-0.15, -0.1) is 0 Å². The highest BCUT2D eigenvalue weighted by Gasteiger charge is 2.25. The van der Waals surface area contributed by atoms with Crippen molar-refractivity contribution in [1.29, 1.82) is 0 Å². The second-order valence-electron chi connectivity index (χ2n) is 5.75. The lowest BCUT2D eigenvalue weighted by molar-refractivity contribution is 0.0544. The third-order valence-electron chi connectivity index (χ3n) is 3.92. The number of carbonyl (C=O) groups is 2. The van der Waals surface area contributed by atoms with Gasteiger partial charge < -0.3 is 18.8 Å². The van der Waals surface area contributed by atoms with E-state index in [1.165, 1.54) is 25.1 Å². The number of benzene rings is 2. The van der Waals surface area contributed by atoms with Crippen LogP contribution in [-0.4, -0.2) is 35.7 Å². The summed E-state index contributed by atoms with van der Waals surface area (Å²) in [5, 5.41) is 0.635. The summed E-state index contributed by atoms with van der Waals surface area (Å²) in [6, 6.07) is 14.4. The SMILES string of the molecule is COC(=O)c1ncn(Cc2ccc(Oc3ccc(Cl)cc3)cc2)c1C(=O)OC. The Hall–Kier alpha value is -3.32. The van der Waals surface area contributed by atoms with Gasteiger partial charge in [0.2, 0.25) is 0 Å². The summed E-state index contributed by atoms with van der Waals surface area (Å²) in [4.78, 5) is 27.9. The number of imidazole rings is 1. The van der Waals surface area contributed by atoms with E-state index in [2.05, 4.69) is 9.72 Å². The summed E-state index contributed by atoms with van der Waals surface area (Å²) in [6.07, 6.45) is 1.40. The Bertz CT molecular complexity index is 981. The number of hydrogen-bond donors (Lipinski definition) is 0. The molecule has 28 heavy (non-hydrogen) atoms. The monoisotopic (exact) mass is 400 g/mol.